The van der Waals surface area contributed by atoms with Crippen molar-refractivity contribution in [3.63, 3.8) is 0 Å². The molecular weight excluding hydrogens is 334 g/mol. The first-order valence-electron chi connectivity index (χ1n) is 8.07. The van der Waals surface area contributed by atoms with E-state index in [1.54, 1.807) is 0 Å². The summed E-state index contributed by atoms with van der Waals surface area (Å²) in [5, 5.41) is 8.46. The van der Waals surface area contributed by atoms with Gasteiger partial charge in [0.15, 0.2) is 0 Å². The molecule has 9 nitrogen and oxygen atoms in total. The molecule has 0 atom stereocenters. The number of carboxylic acid groups (broad SMARTS) is 1. The van der Waals surface area contributed by atoms with Gasteiger partial charge in [-0.05, 0) is 12.8 Å². The Balaban J connectivity index is 1.85. The van der Waals surface area contributed by atoms with Crippen LogP contribution >= 0.6 is 0 Å². The van der Waals surface area contributed by atoms with Gasteiger partial charge in [0.1, 0.15) is 6.61 Å². The highest BCUT2D eigenvalue weighted by atomic mass is 16.6. The summed E-state index contributed by atoms with van der Waals surface area (Å²) in [4.78, 5) is 45.2. The third kappa shape index (κ3) is 9.58. The molecule has 140 valence electrons. The predicted molar refractivity (Wildman–Crippen MR) is 84.6 cm³/mol. The average molecular weight is 357 g/mol. The summed E-state index contributed by atoms with van der Waals surface area (Å²) in [5.41, 5.74) is 0. The molecular formula is C16H23NO8. The van der Waals surface area contributed by atoms with E-state index in [1.807, 2.05) is 0 Å². The van der Waals surface area contributed by atoms with Gasteiger partial charge in [0, 0.05) is 25.0 Å². The van der Waals surface area contributed by atoms with E-state index in [-0.39, 0.29) is 57.0 Å². The Morgan fingerprint density at radius 3 is 2.08 bits per heavy atom. The minimum atomic E-state index is -0.876. The number of aliphatic carboxylic acids is 1. The molecule has 9 heteroatoms. The number of esters is 1. The number of carbonyl (C=O) groups is 4. The molecule has 0 saturated carbocycles. The number of imide groups is 1. The van der Waals surface area contributed by atoms with Gasteiger partial charge in [-0.15, -0.1) is 0 Å². The zero-order valence-corrected chi connectivity index (χ0v) is 14.0. The molecule has 1 heterocycles. The van der Waals surface area contributed by atoms with Crippen LogP contribution in [0.2, 0.25) is 0 Å². The van der Waals surface area contributed by atoms with Crippen molar-refractivity contribution < 1.29 is 38.5 Å². The van der Waals surface area contributed by atoms with Crippen molar-refractivity contribution in [1.82, 2.24) is 4.90 Å². The van der Waals surface area contributed by atoms with Gasteiger partial charge < -0.3 is 19.3 Å². The summed E-state index contributed by atoms with van der Waals surface area (Å²) >= 11 is 0. The van der Waals surface area contributed by atoms with Gasteiger partial charge >= 0.3 is 11.9 Å². The number of hydrogen-bond donors (Lipinski definition) is 1. The van der Waals surface area contributed by atoms with Crippen LogP contribution in [0, 0.1) is 0 Å². The topological polar surface area (TPSA) is 119 Å². The number of ether oxygens (including phenoxy) is 3. The van der Waals surface area contributed by atoms with E-state index in [9.17, 15) is 19.2 Å². The van der Waals surface area contributed by atoms with Crippen molar-refractivity contribution >= 4 is 23.8 Å². The molecule has 0 bridgehead atoms. The first kappa shape index (κ1) is 20.8. The van der Waals surface area contributed by atoms with Crippen LogP contribution in [0.1, 0.15) is 25.7 Å². The lowest BCUT2D eigenvalue weighted by Crippen LogP contribution is -2.33. The molecule has 0 radical (unpaired) electrons. The minimum Gasteiger partial charge on any atom is -0.481 e. The first-order valence-corrected chi connectivity index (χ1v) is 8.07. The summed E-state index contributed by atoms with van der Waals surface area (Å²) in [5.74, 6) is -1.93. The van der Waals surface area contributed by atoms with Gasteiger partial charge in [0.25, 0.3) is 11.8 Å². The summed E-state index contributed by atoms with van der Waals surface area (Å²) in [6, 6.07) is 0. The Labute approximate surface area is 145 Å². The normalized spacial score (nSPS) is 13.5. The van der Waals surface area contributed by atoms with Crippen molar-refractivity contribution in [2.24, 2.45) is 0 Å². The molecule has 1 aliphatic rings. The Morgan fingerprint density at radius 2 is 1.44 bits per heavy atom. The Kier molecular flexibility index (Phi) is 10.1. The molecule has 25 heavy (non-hydrogen) atoms. The molecule has 2 amide bonds. The summed E-state index contributed by atoms with van der Waals surface area (Å²) in [6.07, 6.45) is 3.62. The maximum atomic E-state index is 11.3. The van der Waals surface area contributed by atoms with Crippen molar-refractivity contribution in [2.75, 3.05) is 39.6 Å². The fraction of sp³-hybridized carbons (Fsp3) is 0.625. The highest BCUT2D eigenvalue weighted by Gasteiger charge is 2.22. The van der Waals surface area contributed by atoms with E-state index < -0.39 is 5.97 Å². The van der Waals surface area contributed by atoms with Crippen LogP contribution in [0.4, 0.5) is 0 Å². The van der Waals surface area contributed by atoms with Gasteiger partial charge in [-0.3, -0.25) is 24.1 Å². The van der Waals surface area contributed by atoms with Gasteiger partial charge in [0.05, 0.1) is 33.0 Å². The molecule has 0 aromatic heterocycles. The van der Waals surface area contributed by atoms with Crippen LogP contribution < -0.4 is 0 Å². The highest BCUT2D eigenvalue weighted by Crippen LogP contribution is 2.02. The molecule has 0 aliphatic carbocycles. The highest BCUT2D eigenvalue weighted by molar-refractivity contribution is 6.12. The fourth-order valence-electron chi connectivity index (χ4n) is 1.96. The van der Waals surface area contributed by atoms with E-state index in [0.717, 1.165) is 4.90 Å². The number of rotatable bonds is 14. The van der Waals surface area contributed by atoms with Gasteiger partial charge in [-0.2, -0.15) is 0 Å². The molecule has 0 aromatic carbocycles. The van der Waals surface area contributed by atoms with Crippen LogP contribution in [0.15, 0.2) is 12.2 Å². The molecule has 1 N–H and O–H groups in total. The third-order valence-electron chi connectivity index (χ3n) is 3.24. The second-order valence-corrected chi connectivity index (χ2v) is 5.21. The van der Waals surface area contributed by atoms with Crippen LogP contribution in [0.3, 0.4) is 0 Å². The van der Waals surface area contributed by atoms with Crippen molar-refractivity contribution in [3.05, 3.63) is 12.2 Å². The molecule has 0 spiro atoms. The second-order valence-electron chi connectivity index (χ2n) is 5.21. The minimum absolute atomic E-state index is 0.0486. The maximum Gasteiger partial charge on any atom is 0.305 e. The van der Waals surface area contributed by atoms with E-state index >= 15 is 0 Å². The molecule has 1 aliphatic heterocycles. The van der Waals surface area contributed by atoms with E-state index in [2.05, 4.69) is 0 Å². The fourth-order valence-corrected chi connectivity index (χ4v) is 1.96. The predicted octanol–water partition coefficient (Wildman–Crippen LogP) is 0.133. The van der Waals surface area contributed by atoms with Crippen molar-refractivity contribution in [1.29, 1.82) is 0 Å². The Hall–Kier alpha value is -2.26. The van der Waals surface area contributed by atoms with E-state index in [1.165, 1.54) is 12.2 Å². The molecule has 0 fully saturated rings. The lowest BCUT2D eigenvalue weighted by atomic mass is 10.2. The third-order valence-corrected chi connectivity index (χ3v) is 3.24. The SMILES string of the molecule is O=C(O)CCCCC(=O)OCCOCCOCCN1C(=O)C=CC1=O. The molecule has 0 unspecified atom stereocenters. The maximum absolute atomic E-state index is 11.3. The lowest BCUT2D eigenvalue weighted by Gasteiger charge is -2.13. The van der Waals surface area contributed by atoms with Crippen LogP contribution in [0.5, 0.6) is 0 Å². The van der Waals surface area contributed by atoms with Crippen molar-refractivity contribution in [2.45, 2.75) is 25.7 Å². The van der Waals surface area contributed by atoms with Gasteiger partial charge in [0.2, 0.25) is 0 Å². The smallest absolute Gasteiger partial charge is 0.305 e. The first-order chi connectivity index (χ1) is 12.0. The monoisotopic (exact) mass is 357 g/mol. The van der Waals surface area contributed by atoms with Crippen LogP contribution in [-0.2, 0) is 33.4 Å². The standard InChI is InChI=1S/C16H23NO8/c18-13-5-6-14(19)17(13)7-8-23-9-10-24-11-12-25-16(22)4-2-1-3-15(20)21/h5-6H,1-4,7-12H2,(H,20,21). The van der Waals surface area contributed by atoms with E-state index in [4.69, 9.17) is 19.3 Å². The summed E-state index contributed by atoms with van der Waals surface area (Å²) in [6.45, 7) is 1.39. The lowest BCUT2D eigenvalue weighted by molar-refractivity contribution is -0.146. The Morgan fingerprint density at radius 1 is 0.880 bits per heavy atom. The summed E-state index contributed by atoms with van der Waals surface area (Å²) < 4.78 is 15.4. The number of carboxylic acids is 1. The number of carbonyl (C=O) groups excluding carboxylic acids is 3. The zero-order valence-electron chi connectivity index (χ0n) is 14.0. The van der Waals surface area contributed by atoms with Crippen LogP contribution in [-0.4, -0.2) is 73.3 Å². The quantitative estimate of drug-likeness (QED) is 0.265. The van der Waals surface area contributed by atoms with Gasteiger partial charge in [-0.1, -0.05) is 0 Å². The molecule has 0 saturated heterocycles. The van der Waals surface area contributed by atoms with Crippen LogP contribution in [0.25, 0.3) is 0 Å². The number of amides is 2. The van der Waals surface area contributed by atoms with Gasteiger partial charge in [-0.25, -0.2) is 0 Å². The second kappa shape index (κ2) is 12.2. The molecule has 0 aromatic rings. The number of nitrogens with zero attached hydrogens (tertiary/aromatic N) is 1. The largest absolute Gasteiger partial charge is 0.481 e. The van der Waals surface area contributed by atoms with Crippen molar-refractivity contribution in [3.8, 4) is 0 Å². The Bertz CT molecular complexity index is 484. The summed E-state index contributed by atoms with van der Waals surface area (Å²) in [7, 11) is 0. The average Bonchev–Trinajstić information content (AvgIpc) is 2.88. The number of unbranched alkanes of at least 4 members (excludes halogenated alkanes) is 1. The number of hydrogen-bond acceptors (Lipinski definition) is 7. The zero-order chi connectivity index (χ0) is 18.5. The molecule has 1 rings (SSSR count). The van der Waals surface area contributed by atoms with E-state index in [0.29, 0.717) is 26.1 Å².